The van der Waals surface area contributed by atoms with Gasteiger partial charge in [-0.1, -0.05) is 54.6 Å². The third kappa shape index (κ3) is 4.66. The van der Waals surface area contributed by atoms with Gasteiger partial charge in [-0.3, -0.25) is 0 Å². The Kier molecular flexibility index (Phi) is 7.09. The largest absolute Gasteiger partial charge is 0.231 e. The fourth-order valence-electron chi connectivity index (χ4n) is 2.59. The zero-order valence-electron chi connectivity index (χ0n) is 11.5. The molecule has 106 valence electrons. The Bertz CT molecular complexity index is 614. The monoisotopic (exact) mass is 280 g/mol. The summed E-state index contributed by atoms with van der Waals surface area (Å²) in [5.74, 6) is 0.627. The van der Waals surface area contributed by atoms with Crippen LogP contribution in [0, 0.1) is 10.8 Å². The van der Waals surface area contributed by atoms with Gasteiger partial charge in [0.2, 0.25) is 12.2 Å². The van der Waals surface area contributed by atoms with Crippen molar-refractivity contribution in [1.82, 2.24) is 0 Å². The minimum atomic E-state index is 0.627. The number of nitrogens with one attached hydrogen (secondary N) is 2. The Hall–Kier alpha value is -2.80. The van der Waals surface area contributed by atoms with Crippen LogP contribution in [0.1, 0.15) is 29.0 Å². The van der Waals surface area contributed by atoms with Gasteiger partial charge in [0.05, 0.1) is 0 Å². The molecule has 0 fully saturated rings. The van der Waals surface area contributed by atoms with E-state index in [2.05, 4.69) is 54.6 Å². The van der Waals surface area contributed by atoms with Crippen LogP contribution < -0.4 is 0 Å². The number of aryl methyl sites for hydroxylation is 1. The summed E-state index contributed by atoms with van der Waals surface area (Å²) in [6, 6.07) is 19.7. The first-order valence-electron chi connectivity index (χ1n) is 6.49. The highest BCUT2D eigenvalue weighted by atomic mass is 16.1. The molecule has 0 saturated heterocycles. The molecule has 1 unspecified atom stereocenters. The minimum absolute atomic E-state index is 0.627. The van der Waals surface area contributed by atoms with Crippen molar-refractivity contribution in [3.8, 4) is 0 Å². The number of hydrogen-bond acceptors (Lipinski definition) is 4. The molecule has 4 nitrogen and oxygen atoms in total. The lowest BCUT2D eigenvalue weighted by Crippen LogP contribution is -1.94. The predicted molar refractivity (Wildman–Crippen MR) is 79.9 cm³/mol. The molecule has 0 heterocycles. The van der Waals surface area contributed by atoms with E-state index < -0.39 is 0 Å². The maximum Gasteiger partial charge on any atom is 0.231 e. The van der Waals surface area contributed by atoms with Crippen molar-refractivity contribution in [2.24, 2.45) is 0 Å². The Morgan fingerprint density at radius 1 is 0.857 bits per heavy atom. The second kappa shape index (κ2) is 9.16. The summed E-state index contributed by atoms with van der Waals surface area (Å²) < 4.78 is 0. The molecule has 0 bridgehead atoms. The molecule has 0 spiro atoms. The normalized spacial score (nSPS) is 14.2. The second-order valence-corrected chi connectivity index (χ2v) is 4.40. The lowest BCUT2D eigenvalue weighted by atomic mass is 9.93. The van der Waals surface area contributed by atoms with Crippen molar-refractivity contribution in [2.45, 2.75) is 18.8 Å². The average molecular weight is 280 g/mol. The molecule has 0 aliphatic heterocycles. The van der Waals surface area contributed by atoms with Gasteiger partial charge < -0.3 is 0 Å². The van der Waals surface area contributed by atoms with E-state index in [1.165, 1.54) is 29.5 Å². The molecule has 1 atom stereocenters. The molecule has 2 N–H and O–H groups in total. The van der Waals surface area contributed by atoms with E-state index >= 15 is 0 Å². The highest BCUT2D eigenvalue weighted by Gasteiger charge is 2.22. The predicted octanol–water partition coefficient (Wildman–Crippen LogP) is 3.57. The van der Waals surface area contributed by atoms with E-state index in [9.17, 15) is 0 Å². The minimum Gasteiger partial charge on any atom is -0.222 e. The summed E-state index contributed by atoms with van der Waals surface area (Å²) in [4.78, 5) is 16.7. The zero-order chi connectivity index (χ0) is 15.5. The molecule has 21 heavy (non-hydrogen) atoms. The Balaban J connectivity index is 0.000000321. The second-order valence-electron chi connectivity index (χ2n) is 4.40. The molecule has 1 aliphatic rings. The Morgan fingerprint density at radius 3 is 2.00 bits per heavy atom. The van der Waals surface area contributed by atoms with E-state index in [1.807, 2.05) is 0 Å². The molecule has 4 heteroatoms. The lowest BCUT2D eigenvalue weighted by molar-refractivity contribution is 0.562. The van der Waals surface area contributed by atoms with Crippen LogP contribution in [0.5, 0.6) is 0 Å². The molecule has 3 rings (SSSR count). The first kappa shape index (κ1) is 16.3. The van der Waals surface area contributed by atoms with Crippen molar-refractivity contribution in [2.75, 3.05) is 0 Å². The maximum atomic E-state index is 8.35. The van der Waals surface area contributed by atoms with Crippen LogP contribution in [-0.4, -0.2) is 12.2 Å². The fraction of sp³-hybridized carbons (Fsp3) is 0.176. The van der Waals surface area contributed by atoms with Gasteiger partial charge in [-0.2, -0.15) is 0 Å². The van der Waals surface area contributed by atoms with Crippen molar-refractivity contribution >= 4 is 12.2 Å². The van der Waals surface area contributed by atoms with Gasteiger partial charge in [-0.25, -0.2) is 20.4 Å². The van der Waals surface area contributed by atoms with Crippen LogP contribution in [0.3, 0.4) is 0 Å². The van der Waals surface area contributed by atoms with Crippen LogP contribution in [0.15, 0.2) is 54.6 Å². The van der Waals surface area contributed by atoms with Gasteiger partial charge in [0.1, 0.15) is 0 Å². The standard InChI is InChI=1S/C15H14.2CHNO/c1-2-6-12(7-3-1)15-11-10-13-8-4-5-9-14(13)15;2*2-1-3/h1-9,15H,10-11H2;2*2H. The quantitative estimate of drug-likeness (QED) is 0.618. The molecule has 2 aromatic carbocycles. The first-order valence-corrected chi connectivity index (χ1v) is 6.49. The number of rotatable bonds is 1. The summed E-state index contributed by atoms with van der Waals surface area (Å²) in [7, 11) is 0. The third-order valence-corrected chi connectivity index (χ3v) is 3.33. The van der Waals surface area contributed by atoms with Gasteiger partial charge in [0.25, 0.3) is 0 Å². The molecule has 1 aliphatic carbocycles. The SMILES string of the molecule is N=C=O.N=C=O.c1ccc(C2CCc3ccccc32)cc1. The van der Waals surface area contributed by atoms with Crippen LogP contribution in [0.25, 0.3) is 0 Å². The molecular weight excluding hydrogens is 264 g/mol. The number of hydrogen-bond donors (Lipinski definition) is 2. The summed E-state index contributed by atoms with van der Waals surface area (Å²) in [5.41, 5.74) is 4.53. The Labute approximate surface area is 123 Å². The van der Waals surface area contributed by atoms with Crippen molar-refractivity contribution in [1.29, 1.82) is 10.8 Å². The van der Waals surface area contributed by atoms with E-state index in [-0.39, 0.29) is 0 Å². The van der Waals surface area contributed by atoms with Crippen LogP contribution in [-0.2, 0) is 16.0 Å². The van der Waals surface area contributed by atoms with Gasteiger partial charge in [-0.15, -0.1) is 0 Å². The molecular formula is C17H16N2O2. The van der Waals surface area contributed by atoms with Gasteiger partial charge >= 0.3 is 0 Å². The van der Waals surface area contributed by atoms with E-state index in [0.717, 1.165) is 12.2 Å². The van der Waals surface area contributed by atoms with Crippen LogP contribution in [0.4, 0.5) is 0 Å². The number of isocyanates is 2. The fourth-order valence-corrected chi connectivity index (χ4v) is 2.59. The average Bonchev–Trinajstić information content (AvgIpc) is 2.94. The summed E-state index contributed by atoms with van der Waals surface area (Å²) in [5, 5.41) is 10.8. The number of fused-ring (bicyclic) bond motifs is 1. The maximum absolute atomic E-state index is 8.35. The highest BCUT2D eigenvalue weighted by molar-refractivity contribution is 5.41. The summed E-state index contributed by atoms with van der Waals surface area (Å²) >= 11 is 0. The smallest absolute Gasteiger partial charge is 0.222 e. The van der Waals surface area contributed by atoms with Crippen molar-refractivity contribution < 1.29 is 9.59 Å². The zero-order valence-corrected chi connectivity index (χ0v) is 11.5. The summed E-state index contributed by atoms with van der Waals surface area (Å²) in [6.45, 7) is 0. The molecule has 0 amide bonds. The van der Waals surface area contributed by atoms with Crippen LogP contribution in [0.2, 0.25) is 0 Å². The molecule has 0 radical (unpaired) electrons. The van der Waals surface area contributed by atoms with Gasteiger partial charge in [0.15, 0.2) is 0 Å². The molecule has 0 saturated carbocycles. The van der Waals surface area contributed by atoms with Crippen molar-refractivity contribution in [3.05, 3.63) is 71.3 Å². The van der Waals surface area contributed by atoms with E-state index in [1.54, 1.807) is 0 Å². The van der Waals surface area contributed by atoms with E-state index in [4.69, 9.17) is 20.4 Å². The third-order valence-electron chi connectivity index (χ3n) is 3.33. The van der Waals surface area contributed by atoms with Gasteiger partial charge in [0, 0.05) is 5.92 Å². The number of carbonyl (C=O) groups excluding carboxylic acids is 2. The highest BCUT2D eigenvalue weighted by Crippen LogP contribution is 2.37. The summed E-state index contributed by atoms with van der Waals surface area (Å²) in [6.07, 6.45) is 4.00. The van der Waals surface area contributed by atoms with E-state index in [0.29, 0.717) is 5.92 Å². The molecule has 2 aromatic rings. The topological polar surface area (TPSA) is 81.8 Å². The Morgan fingerprint density at radius 2 is 1.38 bits per heavy atom. The van der Waals surface area contributed by atoms with Crippen LogP contribution >= 0.6 is 0 Å². The number of benzene rings is 2. The van der Waals surface area contributed by atoms with Crippen molar-refractivity contribution in [3.63, 3.8) is 0 Å². The first-order chi connectivity index (χ1) is 10.3. The van der Waals surface area contributed by atoms with Gasteiger partial charge in [-0.05, 0) is 29.5 Å². The lowest BCUT2D eigenvalue weighted by Gasteiger charge is -2.11. The molecule has 0 aromatic heterocycles.